The number of unbranched alkanes of at least 4 members (excludes halogenated alkanes) is 2. The molecule has 9 nitrogen and oxygen atoms in total. The molecule has 4 fully saturated rings. The number of nitrogens with two attached hydrogens (primary N) is 1. The first-order valence-electron chi connectivity index (χ1n) is 17.7. The number of carbonyl (C=O) groups excluding carboxylic acids is 2. The van der Waals surface area contributed by atoms with Gasteiger partial charge >= 0.3 is 5.97 Å². The highest BCUT2D eigenvalue weighted by molar-refractivity contribution is 5.78. The molecule has 0 aromatic heterocycles. The fraction of sp³-hybridized carbons (Fsp3) is 0.941. The standard InChI is InChI=1S/C34H61N3O6/c1-3-4-5-8-28(39)20-30(42-23(2)38)12-11-24-16-27(34(41)31(17-24)43-29-9-6-7-10-29)22-37-21-26(19-33(37)40)15-25-13-14-36-32(35)18-25/h24-32,34,36,39,41H,3-22,35H2,1-2H3. The molecule has 2 saturated heterocycles. The van der Waals surface area contributed by atoms with E-state index in [2.05, 4.69) is 12.2 Å². The number of piperidine rings is 1. The lowest BCUT2D eigenvalue weighted by Crippen LogP contribution is -2.48. The first-order chi connectivity index (χ1) is 20.7. The van der Waals surface area contributed by atoms with Crippen LogP contribution in [0, 0.1) is 23.7 Å². The summed E-state index contributed by atoms with van der Waals surface area (Å²) in [7, 11) is 0. The first kappa shape index (κ1) is 34.6. The Hall–Kier alpha value is -1.26. The van der Waals surface area contributed by atoms with Crippen molar-refractivity contribution in [3.05, 3.63) is 0 Å². The Morgan fingerprint density at radius 2 is 1.88 bits per heavy atom. The molecule has 9 heteroatoms. The highest BCUT2D eigenvalue weighted by Gasteiger charge is 2.42. The third-order valence-corrected chi connectivity index (χ3v) is 10.6. The smallest absolute Gasteiger partial charge is 0.302 e. The van der Waals surface area contributed by atoms with Crippen LogP contribution >= 0.6 is 0 Å². The van der Waals surface area contributed by atoms with Gasteiger partial charge in [-0.3, -0.25) is 9.59 Å². The highest BCUT2D eigenvalue weighted by Crippen LogP contribution is 2.39. The number of amides is 1. The Kier molecular flexibility index (Phi) is 14.0. The molecule has 9 atom stereocenters. The lowest BCUT2D eigenvalue weighted by Gasteiger charge is -2.42. The molecule has 9 unspecified atom stereocenters. The largest absolute Gasteiger partial charge is 0.462 e. The number of aliphatic hydroxyl groups is 2. The van der Waals surface area contributed by atoms with Crippen molar-refractivity contribution in [2.45, 2.75) is 160 Å². The summed E-state index contributed by atoms with van der Waals surface area (Å²) in [6.45, 7) is 5.88. The van der Waals surface area contributed by atoms with Gasteiger partial charge in [-0.05, 0) is 88.5 Å². The number of hydrogen-bond donors (Lipinski definition) is 4. The first-order valence-corrected chi connectivity index (χ1v) is 17.7. The zero-order valence-electron chi connectivity index (χ0n) is 27.0. The van der Waals surface area contributed by atoms with Gasteiger partial charge in [-0.15, -0.1) is 0 Å². The third kappa shape index (κ3) is 11.2. The van der Waals surface area contributed by atoms with E-state index in [1.165, 1.54) is 19.8 Å². The molecule has 5 N–H and O–H groups in total. The minimum atomic E-state index is -0.587. The van der Waals surface area contributed by atoms with Crippen molar-refractivity contribution in [3.63, 3.8) is 0 Å². The van der Waals surface area contributed by atoms with E-state index in [9.17, 15) is 19.8 Å². The Balaban J connectivity index is 1.35. The van der Waals surface area contributed by atoms with Gasteiger partial charge in [0.2, 0.25) is 5.91 Å². The van der Waals surface area contributed by atoms with Crippen molar-refractivity contribution in [1.29, 1.82) is 0 Å². The maximum Gasteiger partial charge on any atom is 0.302 e. The van der Waals surface area contributed by atoms with Crippen LogP contribution in [0.25, 0.3) is 0 Å². The van der Waals surface area contributed by atoms with Crippen LogP contribution < -0.4 is 11.1 Å². The number of nitrogens with one attached hydrogen (secondary N) is 1. The molecule has 2 aliphatic carbocycles. The monoisotopic (exact) mass is 607 g/mol. The van der Waals surface area contributed by atoms with Gasteiger partial charge in [-0.25, -0.2) is 0 Å². The van der Waals surface area contributed by atoms with Crippen molar-refractivity contribution >= 4 is 11.9 Å². The summed E-state index contributed by atoms with van der Waals surface area (Å²) in [4.78, 5) is 27.0. The lowest BCUT2D eigenvalue weighted by molar-refractivity contribution is -0.149. The van der Waals surface area contributed by atoms with Gasteiger partial charge < -0.3 is 35.6 Å². The fourth-order valence-electron chi connectivity index (χ4n) is 8.38. The van der Waals surface area contributed by atoms with Crippen LogP contribution in [0.15, 0.2) is 0 Å². The quantitative estimate of drug-likeness (QED) is 0.151. The summed E-state index contributed by atoms with van der Waals surface area (Å²) in [5.74, 6) is 1.10. The van der Waals surface area contributed by atoms with Crippen LogP contribution in [0.5, 0.6) is 0 Å². The van der Waals surface area contributed by atoms with Gasteiger partial charge in [0.05, 0.1) is 30.6 Å². The molecule has 2 heterocycles. The van der Waals surface area contributed by atoms with Crippen LogP contribution in [-0.4, -0.2) is 83.3 Å². The summed E-state index contributed by atoms with van der Waals surface area (Å²) in [5.41, 5.74) is 6.13. The molecular formula is C34H61N3O6. The number of hydrogen-bond acceptors (Lipinski definition) is 8. The van der Waals surface area contributed by atoms with Crippen LogP contribution in [0.1, 0.15) is 123 Å². The number of nitrogens with zero attached hydrogens (tertiary/aromatic N) is 1. The SMILES string of the molecule is CCCCCC(O)CC(CCC1CC(CN2CC(CC3CCNC(N)C3)CC2=O)C(O)C(OC2CCCC2)C1)OC(C)=O. The zero-order valence-corrected chi connectivity index (χ0v) is 27.0. The Morgan fingerprint density at radius 1 is 1.09 bits per heavy atom. The maximum absolute atomic E-state index is 13.1. The normalized spacial score (nSPS) is 33.6. The average molecular weight is 608 g/mol. The van der Waals surface area contributed by atoms with Crippen molar-refractivity contribution in [2.24, 2.45) is 29.4 Å². The molecular weight excluding hydrogens is 546 g/mol. The second-order valence-electron chi connectivity index (χ2n) is 14.4. The van der Waals surface area contributed by atoms with Gasteiger partial charge in [-0.2, -0.15) is 0 Å². The Morgan fingerprint density at radius 3 is 2.60 bits per heavy atom. The van der Waals surface area contributed by atoms with E-state index in [0.29, 0.717) is 43.6 Å². The lowest BCUT2D eigenvalue weighted by atomic mass is 9.75. The predicted octanol–water partition coefficient (Wildman–Crippen LogP) is 4.27. The van der Waals surface area contributed by atoms with Gasteiger partial charge in [0.15, 0.2) is 0 Å². The summed E-state index contributed by atoms with van der Waals surface area (Å²) >= 11 is 0. The molecule has 0 radical (unpaired) electrons. The highest BCUT2D eigenvalue weighted by atomic mass is 16.5. The van der Waals surface area contributed by atoms with Gasteiger partial charge in [0, 0.05) is 38.8 Å². The Labute approximate surface area is 260 Å². The van der Waals surface area contributed by atoms with Crippen LogP contribution in [0.2, 0.25) is 0 Å². The van der Waals surface area contributed by atoms with E-state index in [0.717, 1.165) is 90.1 Å². The van der Waals surface area contributed by atoms with E-state index in [-0.39, 0.29) is 42.3 Å². The molecule has 4 aliphatic rings. The van der Waals surface area contributed by atoms with Crippen LogP contribution in [0.3, 0.4) is 0 Å². The molecule has 0 spiro atoms. The third-order valence-electron chi connectivity index (χ3n) is 10.6. The molecule has 43 heavy (non-hydrogen) atoms. The molecule has 4 rings (SSSR count). The van der Waals surface area contributed by atoms with E-state index in [1.807, 2.05) is 4.90 Å². The van der Waals surface area contributed by atoms with E-state index in [1.54, 1.807) is 0 Å². The molecule has 0 aromatic rings. The average Bonchev–Trinajstić information content (AvgIpc) is 3.58. The summed E-state index contributed by atoms with van der Waals surface area (Å²) in [5, 5.41) is 25.5. The van der Waals surface area contributed by atoms with E-state index in [4.69, 9.17) is 15.2 Å². The number of rotatable bonds is 16. The number of esters is 1. The molecule has 0 aromatic carbocycles. The zero-order chi connectivity index (χ0) is 30.8. The predicted molar refractivity (Wildman–Crippen MR) is 167 cm³/mol. The second-order valence-corrected chi connectivity index (χ2v) is 14.4. The molecule has 1 amide bonds. The number of carbonyl (C=O) groups is 2. The molecule has 248 valence electrons. The summed E-state index contributed by atoms with van der Waals surface area (Å²) < 4.78 is 12.2. The minimum absolute atomic E-state index is 0.0352. The maximum atomic E-state index is 13.1. The molecule has 2 aliphatic heterocycles. The van der Waals surface area contributed by atoms with Crippen molar-refractivity contribution < 1.29 is 29.3 Å². The van der Waals surface area contributed by atoms with Gasteiger partial charge in [0.25, 0.3) is 0 Å². The summed E-state index contributed by atoms with van der Waals surface area (Å²) in [6, 6.07) is 0. The van der Waals surface area contributed by atoms with E-state index < -0.39 is 12.2 Å². The van der Waals surface area contributed by atoms with Crippen molar-refractivity contribution in [1.82, 2.24) is 10.2 Å². The molecule has 2 saturated carbocycles. The number of aliphatic hydroxyl groups excluding tert-OH is 2. The van der Waals surface area contributed by atoms with Crippen molar-refractivity contribution in [2.75, 3.05) is 19.6 Å². The fourth-order valence-corrected chi connectivity index (χ4v) is 8.38. The van der Waals surface area contributed by atoms with Gasteiger partial charge in [0.1, 0.15) is 6.10 Å². The van der Waals surface area contributed by atoms with E-state index >= 15 is 0 Å². The minimum Gasteiger partial charge on any atom is -0.462 e. The second kappa shape index (κ2) is 17.4. The topological polar surface area (TPSA) is 134 Å². The van der Waals surface area contributed by atoms with Gasteiger partial charge in [-0.1, -0.05) is 39.0 Å². The number of ether oxygens (including phenoxy) is 2. The summed E-state index contributed by atoms with van der Waals surface area (Å²) in [6.07, 6.45) is 14.4. The Bertz CT molecular complexity index is 854. The molecule has 0 bridgehead atoms. The van der Waals surface area contributed by atoms with Crippen LogP contribution in [0.4, 0.5) is 0 Å². The number of likely N-dealkylation sites (tertiary alicyclic amines) is 1. The van der Waals surface area contributed by atoms with Crippen LogP contribution in [-0.2, 0) is 19.1 Å². The van der Waals surface area contributed by atoms with Crippen molar-refractivity contribution in [3.8, 4) is 0 Å².